The van der Waals surface area contributed by atoms with Crippen LogP contribution in [-0.2, 0) is 14.3 Å². The molecule has 0 aliphatic rings. The molecule has 1 amide bonds. The second-order valence-electron chi connectivity index (χ2n) is 25.6. The summed E-state index contributed by atoms with van der Waals surface area (Å²) < 4.78 is 5.51. The lowest BCUT2D eigenvalue weighted by atomic mass is 10.0. The molecule has 0 heterocycles. The molecule has 3 N–H and O–H groups in total. The molecule has 0 aromatic carbocycles. The minimum atomic E-state index is -0.664. The molecule has 6 nitrogen and oxygen atoms in total. The largest absolute Gasteiger partial charge is 0.466 e. The average molecular weight is 1140 g/mol. The Bertz CT molecular complexity index is 1270. The van der Waals surface area contributed by atoms with Gasteiger partial charge in [-0.1, -0.05) is 353 Å². The number of nitrogens with one attached hydrogen (secondary N) is 1. The van der Waals surface area contributed by atoms with Crippen LogP contribution in [0.4, 0.5) is 0 Å². The molecule has 2 unspecified atom stereocenters. The molecule has 0 saturated heterocycles. The van der Waals surface area contributed by atoms with Crippen molar-refractivity contribution >= 4 is 11.9 Å². The summed E-state index contributed by atoms with van der Waals surface area (Å²) in [7, 11) is 0. The fourth-order valence-electron chi connectivity index (χ4n) is 11.8. The van der Waals surface area contributed by atoms with Crippen LogP contribution in [0.1, 0.15) is 418 Å². The number of ether oxygens (including phenoxy) is 1. The number of allylic oxidation sites excluding steroid dienone is 4. The number of carbonyl (C=O) groups excluding carboxylic acids is 2. The second kappa shape index (κ2) is 70.8. The van der Waals surface area contributed by atoms with Crippen LogP contribution < -0.4 is 5.32 Å². The Morgan fingerprint density at radius 2 is 0.580 bits per heavy atom. The topological polar surface area (TPSA) is 95.9 Å². The zero-order chi connectivity index (χ0) is 58.5. The highest BCUT2D eigenvalue weighted by Crippen LogP contribution is 2.19. The van der Waals surface area contributed by atoms with E-state index in [4.69, 9.17) is 4.74 Å². The third-order valence-electron chi connectivity index (χ3n) is 17.5. The van der Waals surface area contributed by atoms with Gasteiger partial charge in [-0.15, -0.1) is 0 Å². The smallest absolute Gasteiger partial charge is 0.305 e. The highest BCUT2D eigenvalue weighted by Gasteiger charge is 2.20. The minimum absolute atomic E-state index is 0.0164. The summed E-state index contributed by atoms with van der Waals surface area (Å²) in [6.45, 7) is 4.99. The quantitative estimate of drug-likeness (QED) is 0.0320. The van der Waals surface area contributed by atoms with Crippen LogP contribution in [0.3, 0.4) is 0 Å². The first-order chi connectivity index (χ1) is 40.0. The van der Waals surface area contributed by atoms with Gasteiger partial charge in [-0.05, 0) is 77.0 Å². The van der Waals surface area contributed by atoms with Crippen LogP contribution in [0.15, 0.2) is 24.3 Å². The molecule has 0 fully saturated rings. The summed E-state index contributed by atoms with van der Waals surface area (Å²) in [4.78, 5) is 24.6. The Kier molecular flexibility index (Phi) is 69.4. The molecule has 2 atom stereocenters. The van der Waals surface area contributed by atoms with Gasteiger partial charge in [0.05, 0.1) is 25.4 Å². The molecule has 0 aliphatic heterocycles. The Labute approximate surface area is 507 Å². The van der Waals surface area contributed by atoms with Crippen molar-refractivity contribution in [2.75, 3.05) is 13.2 Å². The standard InChI is InChI=1S/C75H145NO5/c1-3-5-7-9-11-13-15-17-19-21-32-37-41-45-49-53-57-61-65-69-75(80)81-70-66-62-58-54-50-46-42-38-34-31-29-27-25-23-22-24-26-28-30-33-36-40-44-48-52-56-60-64-68-74(79)76-72(71-77)73(78)67-63-59-55-51-47-43-39-35-20-18-16-14-12-10-8-6-4-2/h17,19,22-23,72-73,77-78H,3-16,18,20-21,24-71H2,1-2H3,(H,76,79)/b19-17-,23-22-. The van der Waals surface area contributed by atoms with Crippen molar-refractivity contribution in [3.05, 3.63) is 24.3 Å². The molecule has 0 spiro atoms. The summed E-state index contributed by atoms with van der Waals surface area (Å²) in [5.41, 5.74) is 0. The van der Waals surface area contributed by atoms with Gasteiger partial charge in [0.25, 0.3) is 0 Å². The molecule has 6 heteroatoms. The van der Waals surface area contributed by atoms with E-state index < -0.39 is 12.1 Å². The van der Waals surface area contributed by atoms with Gasteiger partial charge < -0.3 is 20.3 Å². The molecule has 480 valence electrons. The van der Waals surface area contributed by atoms with Crippen LogP contribution in [0.2, 0.25) is 0 Å². The third kappa shape index (κ3) is 67.3. The first kappa shape index (κ1) is 79.3. The number of rotatable bonds is 70. The number of amides is 1. The van der Waals surface area contributed by atoms with Gasteiger partial charge in [0.2, 0.25) is 5.91 Å². The summed E-state index contributed by atoms with van der Waals surface area (Å²) in [5, 5.41) is 23.4. The number of carbonyl (C=O) groups is 2. The van der Waals surface area contributed by atoms with Crippen LogP contribution in [0, 0.1) is 0 Å². The van der Waals surface area contributed by atoms with E-state index in [0.29, 0.717) is 25.9 Å². The fourth-order valence-corrected chi connectivity index (χ4v) is 11.8. The van der Waals surface area contributed by atoms with Crippen molar-refractivity contribution < 1.29 is 24.5 Å². The highest BCUT2D eigenvalue weighted by atomic mass is 16.5. The number of esters is 1. The normalized spacial score (nSPS) is 12.6. The van der Waals surface area contributed by atoms with Crippen molar-refractivity contribution in [3.63, 3.8) is 0 Å². The molecular formula is C75H145NO5. The Morgan fingerprint density at radius 3 is 0.877 bits per heavy atom. The summed E-state index contributed by atoms with van der Waals surface area (Å²) in [5.74, 6) is -0.0148. The zero-order valence-corrected chi connectivity index (χ0v) is 55.0. The number of unbranched alkanes of at least 4 members (excludes halogenated alkanes) is 55. The van der Waals surface area contributed by atoms with Gasteiger partial charge in [0.15, 0.2) is 0 Å². The lowest BCUT2D eigenvalue weighted by Crippen LogP contribution is -2.45. The summed E-state index contributed by atoms with van der Waals surface area (Å²) in [6.07, 6.45) is 89.5. The molecule has 0 radical (unpaired) electrons. The van der Waals surface area contributed by atoms with Gasteiger partial charge in [0.1, 0.15) is 0 Å². The number of aliphatic hydroxyl groups excluding tert-OH is 2. The van der Waals surface area contributed by atoms with Crippen molar-refractivity contribution in [2.24, 2.45) is 0 Å². The lowest BCUT2D eigenvalue weighted by Gasteiger charge is -2.22. The van der Waals surface area contributed by atoms with Gasteiger partial charge >= 0.3 is 5.97 Å². The molecule has 0 aromatic rings. The van der Waals surface area contributed by atoms with E-state index in [9.17, 15) is 19.8 Å². The number of hydrogen-bond donors (Lipinski definition) is 3. The Balaban J connectivity index is 3.36. The van der Waals surface area contributed by atoms with Crippen molar-refractivity contribution in [1.29, 1.82) is 0 Å². The molecular weight excluding hydrogens is 995 g/mol. The van der Waals surface area contributed by atoms with Crippen LogP contribution >= 0.6 is 0 Å². The maximum atomic E-state index is 12.5. The zero-order valence-electron chi connectivity index (χ0n) is 55.0. The minimum Gasteiger partial charge on any atom is -0.466 e. The molecule has 0 aliphatic carbocycles. The van der Waals surface area contributed by atoms with E-state index in [1.165, 1.54) is 347 Å². The average Bonchev–Trinajstić information content (AvgIpc) is 3.47. The van der Waals surface area contributed by atoms with Crippen molar-refractivity contribution in [1.82, 2.24) is 5.32 Å². The van der Waals surface area contributed by atoms with E-state index in [2.05, 4.69) is 43.5 Å². The highest BCUT2D eigenvalue weighted by molar-refractivity contribution is 5.76. The maximum Gasteiger partial charge on any atom is 0.305 e. The van der Waals surface area contributed by atoms with Gasteiger partial charge in [-0.25, -0.2) is 0 Å². The first-order valence-electron chi connectivity index (χ1n) is 37.1. The molecule has 0 bridgehead atoms. The molecule has 81 heavy (non-hydrogen) atoms. The predicted molar refractivity (Wildman–Crippen MR) is 356 cm³/mol. The molecule has 0 saturated carbocycles. The van der Waals surface area contributed by atoms with Crippen molar-refractivity contribution in [3.8, 4) is 0 Å². The monoisotopic (exact) mass is 1140 g/mol. The second-order valence-corrected chi connectivity index (χ2v) is 25.6. The van der Waals surface area contributed by atoms with Gasteiger partial charge in [-0.3, -0.25) is 9.59 Å². The lowest BCUT2D eigenvalue weighted by molar-refractivity contribution is -0.143. The van der Waals surface area contributed by atoms with E-state index >= 15 is 0 Å². The molecule has 0 aromatic heterocycles. The van der Waals surface area contributed by atoms with Crippen LogP contribution in [0.5, 0.6) is 0 Å². The van der Waals surface area contributed by atoms with Crippen molar-refractivity contribution in [2.45, 2.75) is 431 Å². The van der Waals surface area contributed by atoms with E-state index in [0.717, 1.165) is 38.5 Å². The molecule has 0 rings (SSSR count). The van der Waals surface area contributed by atoms with Crippen LogP contribution in [-0.4, -0.2) is 47.4 Å². The fraction of sp³-hybridized carbons (Fsp3) is 0.920. The Hall–Kier alpha value is -1.66. The summed E-state index contributed by atoms with van der Waals surface area (Å²) in [6, 6.07) is -0.542. The first-order valence-corrected chi connectivity index (χ1v) is 37.1. The third-order valence-corrected chi connectivity index (χ3v) is 17.5. The maximum absolute atomic E-state index is 12.5. The van der Waals surface area contributed by atoms with Gasteiger partial charge in [-0.2, -0.15) is 0 Å². The summed E-state index contributed by atoms with van der Waals surface area (Å²) >= 11 is 0. The van der Waals surface area contributed by atoms with E-state index in [-0.39, 0.29) is 18.5 Å². The number of hydrogen-bond acceptors (Lipinski definition) is 5. The number of aliphatic hydroxyl groups is 2. The Morgan fingerprint density at radius 1 is 0.333 bits per heavy atom. The predicted octanol–water partition coefficient (Wildman–Crippen LogP) is 24.1. The van der Waals surface area contributed by atoms with E-state index in [1.807, 2.05) is 0 Å². The SMILES string of the molecule is CCCCCCCC/C=C\CCCCCCCCCCCC(=O)OCCCCCCCCCCCCCC/C=C\CCCCCCCCCCCCCCC(=O)NC(CO)C(O)CCCCCCCCCCCCCCCCCCC. The van der Waals surface area contributed by atoms with Gasteiger partial charge in [0, 0.05) is 12.8 Å². The van der Waals surface area contributed by atoms with Crippen LogP contribution in [0.25, 0.3) is 0 Å². The van der Waals surface area contributed by atoms with E-state index in [1.54, 1.807) is 0 Å².